The lowest BCUT2D eigenvalue weighted by molar-refractivity contribution is 0.0948. The summed E-state index contributed by atoms with van der Waals surface area (Å²) in [7, 11) is -1.84. The summed E-state index contributed by atoms with van der Waals surface area (Å²) < 4.78 is 32.2. The molecule has 37 heavy (non-hydrogen) atoms. The Labute approximate surface area is 216 Å². The molecule has 7 nitrogen and oxygen atoms in total. The van der Waals surface area contributed by atoms with E-state index in [4.69, 9.17) is 14.7 Å². The Bertz CT molecular complexity index is 1520. The lowest BCUT2D eigenvalue weighted by Crippen LogP contribution is -2.24. The fraction of sp³-hybridized carbons (Fsp3) is 0.286. The van der Waals surface area contributed by atoms with Gasteiger partial charge in [-0.1, -0.05) is 12.1 Å². The average molecular weight is 517 g/mol. The zero-order valence-electron chi connectivity index (χ0n) is 20.0. The Morgan fingerprint density at radius 1 is 1.05 bits per heavy atom. The number of nitrogens with zero attached hydrogens (tertiary/aromatic N) is 3. The number of ether oxygens (including phenoxy) is 1. The Kier molecular flexibility index (Phi) is 6.48. The number of hydrogen-bond donors (Lipinski definition) is 1. The molecule has 1 N–H and O–H groups in total. The minimum absolute atomic E-state index is 0.0634. The summed E-state index contributed by atoms with van der Waals surface area (Å²) in [5.74, 6) is 0.207. The molecular formula is C28H25FN4O3S. The first-order valence-electron chi connectivity index (χ1n) is 12.3. The fourth-order valence-corrected chi connectivity index (χ4v) is 5.59. The van der Waals surface area contributed by atoms with Gasteiger partial charge in [-0.05, 0) is 60.9 Å². The molecule has 4 aromatic rings. The highest BCUT2D eigenvalue weighted by atomic mass is 32.2. The summed E-state index contributed by atoms with van der Waals surface area (Å²) >= 11 is 0. The molecule has 3 aromatic heterocycles. The van der Waals surface area contributed by atoms with Crippen LogP contribution in [-0.2, 0) is 28.7 Å². The summed E-state index contributed by atoms with van der Waals surface area (Å²) in [6, 6.07) is 16.6. The van der Waals surface area contributed by atoms with Crippen molar-refractivity contribution in [3.63, 3.8) is 0 Å². The number of carbonyl (C=O) groups excluding carboxylic acids is 1. The number of benzene rings is 1. The van der Waals surface area contributed by atoms with E-state index in [1.54, 1.807) is 18.3 Å². The van der Waals surface area contributed by atoms with Gasteiger partial charge in [0.15, 0.2) is 5.50 Å². The molecule has 188 valence electrons. The maximum atomic E-state index is 14.2. The van der Waals surface area contributed by atoms with Crippen molar-refractivity contribution < 1.29 is 18.1 Å². The van der Waals surface area contributed by atoms with Gasteiger partial charge in [-0.25, -0.2) is 9.37 Å². The summed E-state index contributed by atoms with van der Waals surface area (Å²) in [6.07, 6.45) is 4.18. The lowest BCUT2D eigenvalue weighted by Gasteiger charge is -2.17. The van der Waals surface area contributed by atoms with Crippen molar-refractivity contribution in [2.24, 2.45) is 0 Å². The monoisotopic (exact) mass is 516 g/mol. The van der Waals surface area contributed by atoms with Crippen molar-refractivity contribution in [1.82, 2.24) is 20.3 Å². The highest BCUT2D eigenvalue weighted by Crippen LogP contribution is 2.39. The van der Waals surface area contributed by atoms with Crippen molar-refractivity contribution in [3.05, 3.63) is 83.3 Å². The maximum absolute atomic E-state index is 14.2. The predicted octanol–water partition coefficient (Wildman–Crippen LogP) is 4.82. The second-order valence-corrected chi connectivity index (χ2v) is 10.9. The minimum Gasteiger partial charge on any atom is -0.377 e. The summed E-state index contributed by atoms with van der Waals surface area (Å²) in [5, 5.41) is 3.74. The molecule has 2 atom stereocenters. The lowest BCUT2D eigenvalue weighted by atomic mass is 10.1. The normalized spacial score (nSPS) is 19.6. The van der Waals surface area contributed by atoms with Gasteiger partial charge in [0.1, 0.15) is 0 Å². The number of nitrogens with one attached hydrogen (secondary N) is 1. The molecule has 0 bridgehead atoms. The van der Waals surface area contributed by atoms with Gasteiger partial charge >= 0.3 is 0 Å². The molecule has 2 aliphatic rings. The van der Waals surface area contributed by atoms with Crippen molar-refractivity contribution in [2.75, 3.05) is 6.61 Å². The van der Waals surface area contributed by atoms with E-state index >= 15 is 0 Å². The number of alkyl halides is 1. The average Bonchev–Trinajstić information content (AvgIpc) is 3.78. The largest absolute Gasteiger partial charge is 0.377 e. The molecule has 0 radical (unpaired) electrons. The highest BCUT2D eigenvalue weighted by molar-refractivity contribution is 7.85. The van der Waals surface area contributed by atoms with Gasteiger partial charge in [-0.2, -0.15) is 0 Å². The molecule has 9 heteroatoms. The van der Waals surface area contributed by atoms with Crippen LogP contribution in [0.15, 0.2) is 65.7 Å². The minimum atomic E-state index is -1.84. The van der Waals surface area contributed by atoms with E-state index in [-0.39, 0.29) is 32.1 Å². The summed E-state index contributed by atoms with van der Waals surface area (Å²) in [6.45, 7) is 0.643. The van der Waals surface area contributed by atoms with Crippen LogP contribution in [0.3, 0.4) is 0 Å². The first kappa shape index (κ1) is 23.8. The molecule has 1 aliphatic carbocycles. The van der Waals surface area contributed by atoms with E-state index in [2.05, 4.69) is 16.4 Å². The topological polar surface area (TPSA) is 94.1 Å². The summed E-state index contributed by atoms with van der Waals surface area (Å²) in [5.41, 5.74) is 3.58. The number of carbonyl (C=O) groups is 1. The van der Waals surface area contributed by atoms with Gasteiger partial charge in [0.05, 0.1) is 53.2 Å². The van der Waals surface area contributed by atoms with Crippen LogP contribution < -0.4 is 5.32 Å². The van der Waals surface area contributed by atoms with Crippen molar-refractivity contribution >= 4 is 27.6 Å². The van der Waals surface area contributed by atoms with Crippen LogP contribution in [0.1, 0.15) is 52.5 Å². The Balaban J connectivity index is 1.19. The van der Waals surface area contributed by atoms with Crippen molar-refractivity contribution in [1.29, 1.82) is 0 Å². The molecule has 4 heterocycles. The molecule has 2 unspecified atom stereocenters. The molecule has 0 saturated heterocycles. The van der Waals surface area contributed by atoms with Gasteiger partial charge in [0, 0.05) is 40.1 Å². The zero-order chi connectivity index (χ0) is 25.4. The molecular weight excluding hydrogens is 491 g/mol. The number of amides is 1. The number of halogens is 1. The first-order valence-corrected chi connectivity index (χ1v) is 13.5. The van der Waals surface area contributed by atoms with Gasteiger partial charge in [0.25, 0.3) is 5.91 Å². The van der Waals surface area contributed by atoms with Crippen LogP contribution in [-0.4, -0.2) is 37.2 Å². The second kappa shape index (κ2) is 10.1. The smallest absolute Gasteiger partial charge is 0.251 e. The Morgan fingerprint density at radius 3 is 2.78 bits per heavy atom. The van der Waals surface area contributed by atoms with Crippen LogP contribution in [0.25, 0.3) is 22.3 Å². The maximum Gasteiger partial charge on any atom is 0.251 e. The number of fused-ring (bicyclic) bond motifs is 2. The summed E-state index contributed by atoms with van der Waals surface area (Å²) in [4.78, 5) is 27.2. The van der Waals surface area contributed by atoms with Crippen LogP contribution in [0, 0.1) is 0 Å². The van der Waals surface area contributed by atoms with Crippen molar-refractivity contribution in [3.8, 4) is 11.4 Å². The van der Waals surface area contributed by atoms with E-state index in [1.165, 1.54) is 18.9 Å². The number of hydrogen-bond acceptors (Lipinski definition) is 6. The quantitative estimate of drug-likeness (QED) is 0.409. The Morgan fingerprint density at radius 2 is 1.92 bits per heavy atom. The van der Waals surface area contributed by atoms with Crippen LogP contribution >= 0.6 is 0 Å². The predicted molar refractivity (Wildman–Crippen MR) is 138 cm³/mol. The van der Waals surface area contributed by atoms with E-state index in [0.29, 0.717) is 27.6 Å². The molecule has 6 rings (SSSR count). The van der Waals surface area contributed by atoms with Crippen LogP contribution in [0.5, 0.6) is 0 Å². The van der Waals surface area contributed by atoms with Gasteiger partial charge in [-0.15, -0.1) is 0 Å². The third kappa shape index (κ3) is 5.14. The van der Waals surface area contributed by atoms with Gasteiger partial charge in [0.2, 0.25) is 0 Å². The SMILES string of the molecule is O=C(NCc1cc2nc(-c3cccc(C4CC4)n3)ccc2cn1)c1ccc2c(c1)S(=O)C(F)CCOC2. The molecule has 1 saturated carbocycles. The Hall–Kier alpha value is -3.56. The fourth-order valence-electron chi connectivity index (χ4n) is 4.38. The zero-order valence-corrected chi connectivity index (χ0v) is 20.8. The van der Waals surface area contributed by atoms with E-state index in [1.807, 2.05) is 30.3 Å². The van der Waals surface area contributed by atoms with Crippen LogP contribution in [0.2, 0.25) is 0 Å². The van der Waals surface area contributed by atoms with E-state index in [0.717, 1.165) is 28.0 Å². The first-order chi connectivity index (χ1) is 18.0. The van der Waals surface area contributed by atoms with Crippen LogP contribution in [0.4, 0.5) is 4.39 Å². The third-order valence-electron chi connectivity index (χ3n) is 6.61. The number of aromatic nitrogens is 3. The number of pyridine rings is 3. The second-order valence-electron chi connectivity index (χ2n) is 9.34. The highest BCUT2D eigenvalue weighted by Gasteiger charge is 2.25. The number of rotatable bonds is 5. The molecule has 1 aromatic carbocycles. The van der Waals surface area contributed by atoms with Gasteiger partial charge in [-0.3, -0.25) is 19.0 Å². The molecule has 1 amide bonds. The van der Waals surface area contributed by atoms with Crippen molar-refractivity contribution in [2.45, 2.75) is 48.7 Å². The standard InChI is InChI=1S/C28H25FN4O3S/c29-27-10-11-36-16-20-7-6-18(12-26(20)37(27)35)28(34)31-15-21-13-25-19(14-30-21)8-9-24(33-25)23-3-1-2-22(32-23)17-4-5-17/h1-3,6-9,12-14,17,27H,4-5,10-11,15-16H2,(H,31,34). The van der Waals surface area contributed by atoms with Gasteiger partial charge < -0.3 is 10.1 Å². The molecule has 1 aliphatic heterocycles. The third-order valence-corrected chi connectivity index (χ3v) is 8.13. The van der Waals surface area contributed by atoms with E-state index < -0.39 is 16.3 Å². The molecule has 1 fully saturated rings. The molecule has 0 spiro atoms. The van der Waals surface area contributed by atoms with E-state index in [9.17, 15) is 13.4 Å².